The Morgan fingerprint density at radius 2 is 1.45 bits per heavy atom. The minimum atomic E-state index is 0. The molecule has 0 spiro atoms. The molecule has 0 fully saturated rings. The standard InChI is InChI=1S/C18H22N2O.ClH/c19-13-7-12-18(21)20-14-17(15-8-3-1-4-9-15)16-10-5-2-6-11-16;/h1-6,8-11,17H,7,12-14,19H2,(H,20,21);1H. The number of hydrogen-bond donors (Lipinski definition) is 2. The molecule has 0 aliphatic heterocycles. The predicted octanol–water partition coefficient (Wildman–Crippen LogP) is 3.10. The summed E-state index contributed by atoms with van der Waals surface area (Å²) < 4.78 is 0. The molecule has 118 valence electrons. The predicted molar refractivity (Wildman–Crippen MR) is 93.3 cm³/mol. The minimum absolute atomic E-state index is 0. The van der Waals surface area contributed by atoms with Gasteiger partial charge in [0.2, 0.25) is 5.91 Å². The van der Waals surface area contributed by atoms with E-state index < -0.39 is 0 Å². The molecule has 0 saturated carbocycles. The Hall–Kier alpha value is -1.84. The molecule has 0 aliphatic rings. The summed E-state index contributed by atoms with van der Waals surface area (Å²) in [7, 11) is 0. The Kier molecular flexibility index (Phi) is 8.26. The third kappa shape index (κ3) is 5.51. The molecule has 1 amide bonds. The van der Waals surface area contributed by atoms with Crippen LogP contribution in [0.5, 0.6) is 0 Å². The Morgan fingerprint density at radius 1 is 0.955 bits per heavy atom. The van der Waals surface area contributed by atoms with Crippen molar-refractivity contribution in [3.05, 3.63) is 71.8 Å². The van der Waals surface area contributed by atoms with Gasteiger partial charge in [0.05, 0.1) is 0 Å². The zero-order valence-corrected chi connectivity index (χ0v) is 13.4. The number of benzene rings is 2. The molecule has 22 heavy (non-hydrogen) atoms. The van der Waals surface area contributed by atoms with Crippen LogP contribution >= 0.6 is 12.4 Å². The molecule has 2 rings (SSSR count). The van der Waals surface area contributed by atoms with Crippen LogP contribution in [0.15, 0.2) is 60.7 Å². The number of carbonyl (C=O) groups is 1. The highest BCUT2D eigenvalue weighted by Crippen LogP contribution is 2.23. The maximum Gasteiger partial charge on any atom is 0.220 e. The van der Waals surface area contributed by atoms with Gasteiger partial charge in [-0.1, -0.05) is 60.7 Å². The largest absolute Gasteiger partial charge is 0.355 e. The quantitative estimate of drug-likeness (QED) is 0.824. The maximum atomic E-state index is 11.8. The van der Waals surface area contributed by atoms with Gasteiger partial charge >= 0.3 is 0 Å². The molecular weight excluding hydrogens is 296 g/mol. The number of halogens is 1. The van der Waals surface area contributed by atoms with Crippen LogP contribution in [-0.2, 0) is 4.79 Å². The molecule has 0 aromatic heterocycles. The molecular formula is C18H23ClN2O. The van der Waals surface area contributed by atoms with Gasteiger partial charge in [-0.2, -0.15) is 0 Å². The fourth-order valence-electron chi connectivity index (χ4n) is 2.37. The van der Waals surface area contributed by atoms with Gasteiger partial charge in [0.1, 0.15) is 0 Å². The second-order valence-electron chi connectivity index (χ2n) is 5.07. The van der Waals surface area contributed by atoms with Crippen molar-refractivity contribution in [2.45, 2.75) is 18.8 Å². The SMILES string of the molecule is Cl.NCCCC(=O)NCC(c1ccccc1)c1ccccc1. The van der Waals surface area contributed by atoms with E-state index in [0.717, 1.165) is 6.42 Å². The van der Waals surface area contributed by atoms with Crippen LogP contribution in [0.2, 0.25) is 0 Å². The van der Waals surface area contributed by atoms with Gasteiger partial charge in [-0.15, -0.1) is 12.4 Å². The summed E-state index contributed by atoms with van der Waals surface area (Å²) >= 11 is 0. The fraction of sp³-hybridized carbons (Fsp3) is 0.278. The van der Waals surface area contributed by atoms with E-state index in [1.807, 2.05) is 36.4 Å². The summed E-state index contributed by atoms with van der Waals surface area (Å²) in [6.07, 6.45) is 1.22. The topological polar surface area (TPSA) is 55.1 Å². The van der Waals surface area contributed by atoms with E-state index in [-0.39, 0.29) is 24.2 Å². The molecule has 0 saturated heterocycles. The lowest BCUT2D eigenvalue weighted by Crippen LogP contribution is -2.29. The lowest BCUT2D eigenvalue weighted by atomic mass is 9.91. The molecule has 2 aromatic rings. The van der Waals surface area contributed by atoms with Crippen molar-refractivity contribution in [2.75, 3.05) is 13.1 Å². The molecule has 0 aliphatic carbocycles. The van der Waals surface area contributed by atoms with Gasteiger partial charge in [-0.3, -0.25) is 4.79 Å². The molecule has 4 heteroatoms. The first kappa shape index (κ1) is 18.2. The normalized spacial score (nSPS) is 10.1. The van der Waals surface area contributed by atoms with Crippen molar-refractivity contribution in [1.29, 1.82) is 0 Å². The zero-order chi connectivity index (χ0) is 14.9. The average Bonchev–Trinajstić information content (AvgIpc) is 2.55. The van der Waals surface area contributed by atoms with E-state index in [4.69, 9.17) is 5.73 Å². The van der Waals surface area contributed by atoms with E-state index >= 15 is 0 Å². The monoisotopic (exact) mass is 318 g/mol. The number of amides is 1. The molecule has 0 unspecified atom stereocenters. The van der Waals surface area contributed by atoms with E-state index in [0.29, 0.717) is 19.5 Å². The van der Waals surface area contributed by atoms with Crippen LogP contribution in [0.3, 0.4) is 0 Å². The number of carbonyl (C=O) groups excluding carboxylic acids is 1. The summed E-state index contributed by atoms with van der Waals surface area (Å²) in [6.45, 7) is 1.16. The van der Waals surface area contributed by atoms with Gasteiger partial charge in [0.15, 0.2) is 0 Å². The van der Waals surface area contributed by atoms with Gasteiger partial charge in [-0.05, 0) is 24.1 Å². The number of nitrogens with two attached hydrogens (primary N) is 1. The van der Waals surface area contributed by atoms with E-state index in [1.165, 1.54) is 11.1 Å². The molecule has 0 atom stereocenters. The van der Waals surface area contributed by atoms with Crippen molar-refractivity contribution in [2.24, 2.45) is 5.73 Å². The van der Waals surface area contributed by atoms with Crippen molar-refractivity contribution >= 4 is 18.3 Å². The summed E-state index contributed by atoms with van der Waals surface area (Å²) in [4.78, 5) is 11.8. The van der Waals surface area contributed by atoms with Crippen molar-refractivity contribution < 1.29 is 4.79 Å². The van der Waals surface area contributed by atoms with Crippen LogP contribution in [0.4, 0.5) is 0 Å². The number of rotatable bonds is 7. The molecule has 3 nitrogen and oxygen atoms in total. The fourth-order valence-corrected chi connectivity index (χ4v) is 2.37. The van der Waals surface area contributed by atoms with Crippen molar-refractivity contribution in [3.8, 4) is 0 Å². The van der Waals surface area contributed by atoms with Gasteiger partial charge < -0.3 is 11.1 Å². The van der Waals surface area contributed by atoms with Gasteiger partial charge in [-0.25, -0.2) is 0 Å². The van der Waals surface area contributed by atoms with E-state index in [2.05, 4.69) is 29.6 Å². The van der Waals surface area contributed by atoms with Crippen LogP contribution in [0.25, 0.3) is 0 Å². The summed E-state index contributed by atoms with van der Waals surface area (Å²) in [5.74, 6) is 0.242. The van der Waals surface area contributed by atoms with Crippen LogP contribution in [-0.4, -0.2) is 19.0 Å². The first-order valence-corrected chi connectivity index (χ1v) is 7.38. The molecule has 0 radical (unpaired) electrons. The highest BCUT2D eigenvalue weighted by atomic mass is 35.5. The lowest BCUT2D eigenvalue weighted by Gasteiger charge is -2.18. The van der Waals surface area contributed by atoms with E-state index in [1.54, 1.807) is 0 Å². The van der Waals surface area contributed by atoms with Crippen LogP contribution in [0, 0.1) is 0 Å². The molecule has 0 heterocycles. The zero-order valence-electron chi connectivity index (χ0n) is 12.6. The van der Waals surface area contributed by atoms with Crippen LogP contribution in [0.1, 0.15) is 29.9 Å². The van der Waals surface area contributed by atoms with Gasteiger partial charge in [0, 0.05) is 18.9 Å². The summed E-state index contributed by atoms with van der Waals surface area (Å²) in [5, 5.41) is 3.02. The summed E-state index contributed by atoms with van der Waals surface area (Å²) in [6, 6.07) is 20.5. The first-order valence-electron chi connectivity index (χ1n) is 7.38. The minimum Gasteiger partial charge on any atom is -0.355 e. The van der Waals surface area contributed by atoms with Crippen molar-refractivity contribution in [1.82, 2.24) is 5.32 Å². The maximum absolute atomic E-state index is 11.8. The third-order valence-corrected chi connectivity index (χ3v) is 3.52. The highest BCUT2D eigenvalue weighted by molar-refractivity contribution is 5.85. The second-order valence-corrected chi connectivity index (χ2v) is 5.07. The number of nitrogens with one attached hydrogen (secondary N) is 1. The highest BCUT2D eigenvalue weighted by Gasteiger charge is 2.14. The molecule has 0 bridgehead atoms. The molecule has 2 aromatic carbocycles. The van der Waals surface area contributed by atoms with E-state index in [9.17, 15) is 4.79 Å². The van der Waals surface area contributed by atoms with Crippen LogP contribution < -0.4 is 11.1 Å². The second kappa shape index (κ2) is 9.98. The Bertz CT molecular complexity index is 506. The summed E-state index contributed by atoms with van der Waals surface area (Å²) in [5.41, 5.74) is 7.86. The molecule has 3 N–H and O–H groups in total. The third-order valence-electron chi connectivity index (χ3n) is 3.52. The number of hydrogen-bond acceptors (Lipinski definition) is 2. The Morgan fingerprint density at radius 3 is 1.91 bits per heavy atom. The Labute approximate surface area is 138 Å². The average molecular weight is 319 g/mol. The van der Waals surface area contributed by atoms with Crippen molar-refractivity contribution in [3.63, 3.8) is 0 Å². The van der Waals surface area contributed by atoms with Gasteiger partial charge in [0.25, 0.3) is 0 Å². The first-order chi connectivity index (χ1) is 10.3. The smallest absolute Gasteiger partial charge is 0.220 e. The Balaban J connectivity index is 0.00000242. The lowest BCUT2D eigenvalue weighted by molar-refractivity contribution is -0.121.